The zero-order valence-electron chi connectivity index (χ0n) is 21.8. The van der Waals surface area contributed by atoms with Gasteiger partial charge in [-0.2, -0.15) is 0 Å². The maximum Gasteiger partial charge on any atom is 0.347 e. The summed E-state index contributed by atoms with van der Waals surface area (Å²) in [6.45, 7) is 6.20. The van der Waals surface area contributed by atoms with Gasteiger partial charge in [-0.3, -0.25) is 4.79 Å². The molecule has 39 heavy (non-hydrogen) atoms. The summed E-state index contributed by atoms with van der Waals surface area (Å²) in [5.41, 5.74) is 1.47. The van der Waals surface area contributed by atoms with Crippen LogP contribution in [0, 0.1) is 13.8 Å². The fourth-order valence-electron chi connectivity index (χ4n) is 4.35. The highest BCUT2D eigenvalue weighted by Crippen LogP contribution is 2.50. The zero-order valence-corrected chi connectivity index (χ0v) is 21.8. The van der Waals surface area contributed by atoms with Crippen LogP contribution in [-0.4, -0.2) is 39.8 Å². The highest BCUT2D eigenvalue weighted by molar-refractivity contribution is 6.00. The SMILES string of the molecule is CCOCc1c(O)c(C(=O)O)c(C)c2c1OC(=O)c1c(C)cc(O)c(CNc3ccc(NC(C)=O)cc3)c1O2. The molecule has 204 valence electrons. The first kappa shape index (κ1) is 27.3. The molecule has 0 aromatic heterocycles. The number of aromatic hydroxyl groups is 2. The number of anilines is 2. The number of hydrogen-bond acceptors (Lipinski definition) is 9. The molecule has 0 fully saturated rings. The van der Waals surface area contributed by atoms with Crippen molar-refractivity contribution in [3.8, 4) is 28.7 Å². The number of carbonyl (C=O) groups excluding carboxylic acids is 2. The minimum Gasteiger partial charge on any atom is -0.507 e. The number of nitrogens with one attached hydrogen (secondary N) is 2. The number of carboxylic acids is 1. The minimum absolute atomic E-state index is 0.00824. The number of fused-ring (bicyclic) bond motifs is 2. The Morgan fingerprint density at radius 1 is 0.974 bits per heavy atom. The van der Waals surface area contributed by atoms with Crippen molar-refractivity contribution in [3.63, 3.8) is 0 Å². The summed E-state index contributed by atoms with van der Waals surface area (Å²) in [5.74, 6) is -3.40. The second-order valence-corrected chi connectivity index (χ2v) is 8.93. The molecule has 0 radical (unpaired) electrons. The van der Waals surface area contributed by atoms with E-state index in [1.807, 2.05) is 0 Å². The molecule has 0 unspecified atom stereocenters. The summed E-state index contributed by atoms with van der Waals surface area (Å²) in [7, 11) is 0. The van der Waals surface area contributed by atoms with Crippen molar-refractivity contribution in [3.05, 3.63) is 63.7 Å². The van der Waals surface area contributed by atoms with Gasteiger partial charge in [0.1, 0.15) is 22.6 Å². The molecule has 0 aliphatic carbocycles. The lowest BCUT2D eigenvalue weighted by Crippen LogP contribution is -2.13. The maximum atomic E-state index is 13.3. The van der Waals surface area contributed by atoms with E-state index in [1.165, 1.54) is 19.9 Å². The number of aromatic carboxylic acids is 1. The Hall–Kier alpha value is -4.77. The van der Waals surface area contributed by atoms with Crippen LogP contribution >= 0.6 is 0 Å². The summed E-state index contributed by atoms with van der Waals surface area (Å²) in [6.07, 6.45) is 0. The average molecular weight is 537 g/mol. The van der Waals surface area contributed by atoms with Crippen LogP contribution in [0.15, 0.2) is 30.3 Å². The Morgan fingerprint density at radius 2 is 1.64 bits per heavy atom. The van der Waals surface area contributed by atoms with Crippen molar-refractivity contribution in [2.24, 2.45) is 0 Å². The van der Waals surface area contributed by atoms with Crippen LogP contribution in [0.5, 0.6) is 28.7 Å². The average Bonchev–Trinajstić information content (AvgIpc) is 3.01. The first-order valence-corrected chi connectivity index (χ1v) is 12.1. The molecule has 0 atom stereocenters. The fraction of sp³-hybridized carbons (Fsp3) is 0.250. The van der Waals surface area contributed by atoms with Gasteiger partial charge in [0, 0.05) is 37.0 Å². The Kier molecular flexibility index (Phi) is 7.63. The van der Waals surface area contributed by atoms with E-state index in [9.17, 15) is 29.7 Å². The molecule has 0 bridgehead atoms. The van der Waals surface area contributed by atoms with Gasteiger partial charge in [0.15, 0.2) is 17.2 Å². The van der Waals surface area contributed by atoms with E-state index in [2.05, 4.69) is 10.6 Å². The van der Waals surface area contributed by atoms with Gasteiger partial charge >= 0.3 is 11.9 Å². The number of aryl methyl sites for hydroxylation is 1. The van der Waals surface area contributed by atoms with E-state index in [4.69, 9.17) is 14.2 Å². The molecular weight excluding hydrogens is 508 g/mol. The van der Waals surface area contributed by atoms with Gasteiger partial charge in [0.05, 0.1) is 17.7 Å². The molecule has 0 spiro atoms. The van der Waals surface area contributed by atoms with E-state index in [0.29, 0.717) is 16.9 Å². The van der Waals surface area contributed by atoms with E-state index >= 15 is 0 Å². The van der Waals surface area contributed by atoms with E-state index < -0.39 is 23.3 Å². The number of carboxylic acid groups (broad SMARTS) is 1. The van der Waals surface area contributed by atoms with Gasteiger partial charge in [0.2, 0.25) is 5.91 Å². The summed E-state index contributed by atoms with van der Waals surface area (Å²) in [6, 6.07) is 8.26. The van der Waals surface area contributed by atoms with Crippen molar-refractivity contribution in [1.82, 2.24) is 0 Å². The number of ether oxygens (including phenoxy) is 3. The van der Waals surface area contributed by atoms with Crippen molar-refractivity contribution in [2.45, 2.75) is 40.8 Å². The molecule has 1 aliphatic rings. The van der Waals surface area contributed by atoms with Gasteiger partial charge in [-0.25, -0.2) is 9.59 Å². The van der Waals surface area contributed by atoms with Crippen LogP contribution in [0.2, 0.25) is 0 Å². The number of amides is 1. The molecule has 0 saturated heterocycles. The third kappa shape index (κ3) is 5.30. The standard InChI is InChI=1S/C28H28N2O9/c1-5-37-12-19-23(33)22(27(34)35)14(3)24-26(19)39-28(36)21-13(2)10-20(32)18(25(21)38-24)11-29-16-6-8-17(9-7-16)30-15(4)31/h6-10,29,32-33H,5,11-12H2,1-4H3,(H,30,31)(H,34,35). The second kappa shape index (κ2) is 10.9. The normalized spacial score (nSPS) is 11.9. The van der Waals surface area contributed by atoms with Crippen molar-refractivity contribution in [1.29, 1.82) is 0 Å². The quantitative estimate of drug-likeness (QED) is 0.199. The van der Waals surface area contributed by atoms with E-state index in [-0.39, 0.29) is 70.9 Å². The fourth-order valence-corrected chi connectivity index (χ4v) is 4.35. The first-order chi connectivity index (χ1) is 18.5. The molecule has 3 aromatic carbocycles. The summed E-state index contributed by atoms with van der Waals surface area (Å²) in [4.78, 5) is 36.6. The van der Waals surface area contributed by atoms with Crippen LogP contribution in [0.3, 0.4) is 0 Å². The molecular formula is C28H28N2O9. The lowest BCUT2D eigenvalue weighted by molar-refractivity contribution is -0.114. The molecule has 5 N–H and O–H groups in total. The topological polar surface area (TPSA) is 164 Å². The van der Waals surface area contributed by atoms with Gasteiger partial charge in [-0.1, -0.05) is 0 Å². The summed E-state index contributed by atoms with van der Waals surface area (Å²) >= 11 is 0. The Morgan fingerprint density at radius 3 is 2.26 bits per heavy atom. The van der Waals surface area contributed by atoms with Crippen molar-refractivity contribution in [2.75, 3.05) is 17.2 Å². The van der Waals surface area contributed by atoms with Gasteiger partial charge in [-0.15, -0.1) is 0 Å². The van der Waals surface area contributed by atoms with Crippen LogP contribution in [-0.2, 0) is 22.7 Å². The Labute approximate surface area is 223 Å². The molecule has 3 aromatic rings. The van der Waals surface area contributed by atoms with Crippen LogP contribution in [0.4, 0.5) is 11.4 Å². The van der Waals surface area contributed by atoms with Gasteiger partial charge in [-0.05, 0) is 56.7 Å². The molecule has 11 heteroatoms. The zero-order chi connectivity index (χ0) is 28.4. The number of phenols is 2. The largest absolute Gasteiger partial charge is 0.507 e. The number of benzene rings is 3. The smallest absolute Gasteiger partial charge is 0.347 e. The first-order valence-electron chi connectivity index (χ1n) is 12.1. The number of carbonyl (C=O) groups is 3. The molecule has 1 amide bonds. The Bertz CT molecular complexity index is 1480. The van der Waals surface area contributed by atoms with Gasteiger partial charge in [0.25, 0.3) is 0 Å². The number of rotatable bonds is 8. The van der Waals surface area contributed by atoms with Crippen LogP contribution in [0.25, 0.3) is 0 Å². The predicted octanol–water partition coefficient (Wildman–Crippen LogP) is 4.84. The van der Waals surface area contributed by atoms with E-state index in [0.717, 1.165) is 0 Å². The molecule has 1 heterocycles. The second-order valence-electron chi connectivity index (χ2n) is 8.93. The van der Waals surface area contributed by atoms with E-state index in [1.54, 1.807) is 38.1 Å². The number of phenolic OH excluding ortho intramolecular Hbond substituents is 1. The molecule has 0 saturated carbocycles. The lowest BCUT2D eigenvalue weighted by Gasteiger charge is -2.19. The third-order valence-corrected chi connectivity index (χ3v) is 6.22. The predicted molar refractivity (Wildman–Crippen MR) is 141 cm³/mol. The summed E-state index contributed by atoms with van der Waals surface area (Å²) in [5, 5.41) is 37.2. The van der Waals surface area contributed by atoms with Crippen LogP contribution in [0.1, 0.15) is 56.8 Å². The Balaban J connectivity index is 1.81. The molecule has 1 aliphatic heterocycles. The summed E-state index contributed by atoms with van der Waals surface area (Å²) < 4.78 is 17.3. The number of esters is 1. The highest BCUT2D eigenvalue weighted by Gasteiger charge is 2.35. The van der Waals surface area contributed by atoms with Crippen molar-refractivity contribution < 1.29 is 43.9 Å². The molecule has 11 nitrogen and oxygen atoms in total. The lowest BCUT2D eigenvalue weighted by atomic mass is 10.00. The molecule has 4 rings (SSSR count). The maximum absolute atomic E-state index is 13.3. The van der Waals surface area contributed by atoms with Gasteiger partial charge < -0.3 is 40.2 Å². The number of hydrogen-bond donors (Lipinski definition) is 5. The minimum atomic E-state index is -1.40. The van der Waals surface area contributed by atoms with Crippen LogP contribution < -0.4 is 20.1 Å². The van der Waals surface area contributed by atoms with Crippen molar-refractivity contribution >= 4 is 29.2 Å². The highest BCUT2D eigenvalue weighted by atomic mass is 16.6. The third-order valence-electron chi connectivity index (χ3n) is 6.22. The monoisotopic (exact) mass is 536 g/mol.